The lowest BCUT2D eigenvalue weighted by atomic mass is 9.86. The van der Waals surface area contributed by atoms with Gasteiger partial charge in [-0.05, 0) is 12.8 Å². The smallest absolute Gasteiger partial charge is 0.251 e. The Morgan fingerprint density at radius 2 is 1.27 bits per heavy atom. The topological polar surface area (TPSA) is 12.0 Å². The third-order valence-corrected chi connectivity index (χ3v) is 4.87. The van der Waals surface area contributed by atoms with Gasteiger partial charge in [-0.25, -0.2) is 8.78 Å². The highest BCUT2D eigenvalue weighted by molar-refractivity contribution is 4.92. The van der Waals surface area contributed by atoms with Crippen LogP contribution in [-0.4, -0.2) is 18.0 Å². The Morgan fingerprint density at radius 1 is 0.818 bits per heavy atom. The van der Waals surface area contributed by atoms with Gasteiger partial charge in [0.25, 0.3) is 5.92 Å². The minimum atomic E-state index is -2.40. The average molecular weight is 318 g/mol. The Bertz CT molecular complexity index is 246. The maximum Gasteiger partial charge on any atom is 0.251 e. The second-order valence-corrected chi connectivity index (χ2v) is 7.23. The lowest BCUT2D eigenvalue weighted by Gasteiger charge is -2.38. The minimum absolute atomic E-state index is 0.0508. The van der Waals surface area contributed by atoms with Crippen LogP contribution in [0, 0.1) is 0 Å². The van der Waals surface area contributed by atoms with Gasteiger partial charge < -0.3 is 5.32 Å². The SMILES string of the molecule is CCCCCCCC(CCCCCCC)NC1CC(F)(F)C1. The molecule has 0 unspecified atom stereocenters. The van der Waals surface area contributed by atoms with E-state index in [1.54, 1.807) is 0 Å². The van der Waals surface area contributed by atoms with E-state index in [1.807, 2.05) is 0 Å². The first-order chi connectivity index (χ1) is 10.6. The molecule has 3 heteroatoms. The lowest BCUT2D eigenvalue weighted by Crippen LogP contribution is -2.51. The zero-order chi connectivity index (χ0) is 16.3. The molecule has 0 spiro atoms. The van der Waals surface area contributed by atoms with E-state index >= 15 is 0 Å². The van der Waals surface area contributed by atoms with Crippen molar-refractivity contribution in [2.75, 3.05) is 0 Å². The minimum Gasteiger partial charge on any atom is -0.311 e. The molecule has 1 aliphatic rings. The average Bonchev–Trinajstić information content (AvgIpc) is 2.44. The molecule has 1 rings (SSSR count). The first kappa shape index (κ1) is 19.9. The Balaban J connectivity index is 2.17. The largest absolute Gasteiger partial charge is 0.311 e. The van der Waals surface area contributed by atoms with Crippen molar-refractivity contribution in [2.24, 2.45) is 0 Å². The third kappa shape index (κ3) is 9.07. The van der Waals surface area contributed by atoms with Gasteiger partial charge in [0.1, 0.15) is 0 Å². The van der Waals surface area contributed by atoms with E-state index in [-0.39, 0.29) is 18.9 Å². The summed E-state index contributed by atoms with van der Waals surface area (Å²) in [6.45, 7) is 4.47. The maximum atomic E-state index is 13.0. The molecule has 0 aromatic rings. The van der Waals surface area contributed by atoms with Gasteiger partial charge in [0.15, 0.2) is 0 Å². The molecule has 22 heavy (non-hydrogen) atoms. The molecule has 132 valence electrons. The van der Waals surface area contributed by atoms with E-state index in [0.29, 0.717) is 6.04 Å². The summed E-state index contributed by atoms with van der Waals surface area (Å²) in [5.41, 5.74) is 0. The summed E-state index contributed by atoms with van der Waals surface area (Å²) in [4.78, 5) is 0. The van der Waals surface area contributed by atoms with Crippen LogP contribution in [-0.2, 0) is 0 Å². The highest BCUT2D eigenvalue weighted by Crippen LogP contribution is 2.38. The fourth-order valence-corrected chi connectivity index (χ4v) is 3.41. The second-order valence-electron chi connectivity index (χ2n) is 7.23. The van der Waals surface area contributed by atoms with E-state index in [2.05, 4.69) is 19.2 Å². The van der Waals surface area contributed by atoms with Gasteiger partial charge in [-0.2, -0.15) is 0 Å². The Kier molecular flexibility index (Phi) is 10.3. The first-order valence-electron chi connectivity index (χ1n) is 9.71. The van der Waals surface area contributed by atoms with E-state index in [0.717, 1.165) is 0 Å². The zero-order valence-corrected chi connectivity index (χ0v) is 14.8. The monoisotopic (exact) mass is 317 g/mol. The molecule has 0 atom stereocenters. The summed E-state index contributed by atoms with van der Waals surface area (Å²) in [6, 6.07) is 0.524. The first-order valence-corrected chi connectivity index (χ1v) is 9.71. The summed E-state index contributed by atoms with van der Waals surface area (Å²) >= 11 is 0. The van der Waals surface area contributed by atoms with Crippen molar-refractivity contribution in [2.45, 2.75) is 122 Å². The molecule has 0 aromatic heterocycles. The van der Waals surface area contributed by atoms with Crippen molar-refractivity contribution in [1.29, 1.82) is 0 Å². The fraction of sp³-hybridized carbons (Fsp3) is 1.00. The lowest BCUT2D eigenvalue weighted by molar-refractivity contribution is -0.0951. The molecule has 1 nitrogen and oxygen atoms in total. The highest BCUT2D eigenvalue weighted by Gasteiger charge is 2.45. The van der Waals surface area contributed by atoms with Crippen LogP contribution in [0.1, 0.15) is 104 Å². The molecule has 1 N–H and O–H groups in total. The van der Waals surface area contributed by atoms with Crippen LogP contribution in [0.25, 0.3) is 0 Å². The van der Waals surface area contributed by atoms with Crippen LogP contribution in [0.4, 0.5) is 8.78 Å². The summed E-state index contributed by atoms with van der Waals surface area (Å²) in [5, 5.41) is 3.51. The van der Waals surface area contributed by atoms with Crippen molar-refractivity contribution >= 4 is 0 Å². The van der Waals surface area contributed by atoms with Gasteiger partial charge in [-0.1, -0.05) is 78.1 Å². The predicted octanol–water partition coefficient (Wildman–Crippen LogP) is 6.46. The Hall–Kier alpha value is -0.180. The van der Waals surface area contributed by atoms with Crippen LogP contribution in [0.3, 0.4) is 0 Å². The van der Waals surface area contributed by atoms with Crippen molar-refractivity contribution in [3.05, 3.63) is 0 Å². The number of alkyl halides is 2. The molecule has 0 amide bonds. The molecule has 1 saturated carbocycles. The zero-order valence-electron chi connectivity index (χ0n) is 14.8. The molecule has 1 fully saturated rings. The maximum absolute atomic E-state index is 13.0. The molecular weight excluding hydrogens is 280 g/mol. The molecule has 0 saturated heterocycles. The predicted molar refractivity (Wildman–Crippen MR) is 91.6 cm³/mol. The van der Waals surface area contributed by atoms with Crippen molar-refractivity contribution in [1.82, 2.24) is 5.32 Å². The van der Waals surface area contributed by atoms with Gasteiger partial charge in [0.05, 0.1) is 0 Å². The van der Waals surface area contributed by atoms with Crippen molar-refractivity contribution in [3.8, 4) is 0 Å². The van der Waals surface area contributed by atoms with Crippen LogP contribution in [0.15, 0.2) is 0 Å². The number of hydrogen-bond acceptors (Lipinski definition) is 1. The van der Waals surface area contributed by atoms with Crippen LogP contribution >= 0.6 is 0 Å². The fourth-order valence-electron chi connectivity index (χ4n) is 3.41. The van der Waals surface area contributed by atoms with E-state index in [9.17, 15) is 8.78 Å². The molecule has 0 radical (unpaired) electrons. The number of hydrogen-bond donors (Lipinski definition) is 1. The molecule has 0 bridgehead atoms. The number of halogens is 2. The standard InChI is InChI=1S/C19H37F2N/c1-3-5-7-9-11-13-17(14-12-10-8-6-4-2)22-18-15-19(20,21)16-18/h17-18,22H,3-16H2,1-2H3. The summed E-state index contributed by atoms with van der Waals surface area (Å²) < 4.78 is 26.0. The molecular formula is C19H37F2N. The van der Waals surface area contributed by atoms with Gasteiger partial charge in [0, 0.05) is 24.9 Å². The third-order valence-electron chi connectivity index (χ3n) is 4.87. The molecule has 0 heterocycles. The molecule has 0 aromatic carbocycles. The van der Waals surface area contributed by atoms with E-state index < -0.39 is 5.92 Å². The number of rotatable bonds is 14. The van der Waals surface area contributed by atoms with Gasteiger partial charge in [0.2, 0.25) is 0 Å². The summed E-state index contributed by atoms with van der Waals surface area (Å²) in [5.74, 6) is -2.40. The Labute approximate surface area is 136 Å². The number of unbranched alkanes of at least 4 members (excludes halogenated alkanes) is 8. The van der Waals surface area contributed by atoms with Crippen molar-refractivity contribution in [3.63, 3.8) is 0 Å². The van der Waals surface area contributed by atoms with Crippen LogP contribution in [0.5, 0.6) is 0 Å². The summed E-state index contributed by atoms with van der Waals surface area (Å²) in [6.07, 6.45) is 15.4. The van der Waals surface area contributed by atoms with E-state index in [4.69, 9.17) is 0 Å². The quantitative estimate of drug-likeness (QED) is 0.362. The van der Waals surface area contributed by atoms with Gasteiger partial charge in [-0.3, -0.25) is 0 Å². The molecule has 0 aliphatic heterocycles. The molecule has 1 aliphatic carbocycles. The normalized spacial score (nSPS) is 17.9. The Morgan fingerprint density at radius 3 is 1.68 bits per heavy atom. The van der Waals surface area contributed by atoms with E-state index in [1.165, 1.54) is 77.0 Å². The van der Waals surface area contributed by atoms with Crippen LogP contribution in [0.2, 0.25) is 0 Å². The number of nitrogens with one attached hydrogen (secondary N) is 1. The summed E-state index contributed by atoms with van der Waals surface area (Å²) in [7, 11) is 0. The van der Waals surface area contributed by atoms with Gasteiger partial charge >= 0.3 is 0 Å². The highest BCUT2D eigenvalue weighted by atomic mass is 19.3. The van der Waals surface area contributed by atoms with Crippen LogP contribution < -0.4 is 5.32 Å². The van der Waals surface area contributed by atoms with Crippen molar-refractivity contribution < 1.29 is 8.78 Å². The van der Waals surface area contributed by atoms with Gasteiger partial charge in [-0.15, -0.1) is 0 Å². The second kappa shape index (κ2) is 11.4.